The van der Waals surface area contributed by atoms with Crippen molar-refractivity contribution in [1.82, 2.24) is 4.90 Å². The molecule has 0 bridgehead atoms. The maximum absolute atomic E-state index is 5.93. The highest BCUT2D eigenvalue weighted by molar-refractivity contribution is 4.97. The van der Waals surface area contributed by atoms with Crippen LogP contribution in [0.2, 0.25) is 0 Å². The van der Waals surface area contributed by atoms with E-state index in [1.54, 1.807) is 0 Å². The van der Waals surface area contributed by atoms with Gasteiger partial charge in [-0.25, -0.2) is 0 Å². The Labute approximate surface area is 98.1 Å². The molecule has 1 saturated heterocycles. The largest absolute Gasteiger partial charge is 0.376 e. The maximum atomic E-state index is 5.93. The molecule has 3 fully saturated rings. The van der Waals surface area contributed by atoms with Crippen LogP contribution < -0.4 is 0 Å². The van der Waals surface area contributed by atoms with Crippen LogP contribution in [0.15, 0.2) is 0 Å². The summed E-state index contributed by atoms with van der Waals surface area (Å²) in [6, 6.07) is 0.644. The Hall–Kier alpha value is -0.120. The minimum Gasteiger partial charge on any atom is -0.376 e. The zero-order chi connectivity index (χ0) is 11.0. The quantitative estimate of drug-likeness (QED) is 0.726. The lowest BCUT2D eigenvalue weighted by Crippen LogP contribution is -2.52. The van der Waals surface area contributed by atoms with Gasteiger partial charge >= 0.3 is 0 Å². The predicted molar refractivity (Wildman–Crippen MR) is 62.5 cm³/mol. The summed E-state index contributed by atoms with van der Waals surface area (Å²) in [7, 11) is 0. The van der Waals surface area contributed by atoms with Crippen LogP contribution in [0.4, 0.5) is 0 Å². The van der Waals surface area contributed by atoms with Gasteiger partial charge in [-0.2, -0.15) is 0 Å². The molecule has 0 spiro atoms. The van der Waals surface area contributed by atoms with Gasteiger partial charge < -0.3 is 9.47 Å². The summed E-state index contributed by atoms with van der Waals surface area (Å²) in [5.41, 5.74) is 0. The zero-order valence-electron chi connectivity index (χ0n) is 10.2. The third-order valence-electron chi connectivity index (χ3n) is 4.22. The highest BCUT2D eigenvalue weighted by atomic mass is 16.5. The van der Waals surface area contributed by atoms with Crippen molar-refractivity contribution in [2.45, 2.75) is 50.9 Å². The summed E-state index contributed by atoms with van der Waals surface area (Å²) in [6.45, 7) is 6.25. The van der Waals surface area contributed by atoms with Gasteiger partial charge in [-0.1, -0.05) is 0 Å². The van der Waals surface area contributed by atoms with Crippen LogP contribution in [0.3, 0.4) is 0 Å². The molecule has 2 aliphatic carbocycles. The molecule has 3 atom stereocenters. The van der Waals surface area contributed by atoms with Crippen LogP contribution in [-0.4, -0.2) is 49.5 Å². The second-order valence-corrected chi connectivity index (χ2v) is 5.41. The fourth-order valence-electron chi connectivity index (χ4n) is 3.24. The molecular weight excluding hydrogens is 202 g/mol. The first kappa shape index (κ1) is 11.0. The molecule has 1 aliphatic heterocycles. The number of nitrogens with zero attached hydrogens (tertiary/aromatic N) is 1. The van der Waals surface area contributed by atoms with Crippen molar-refractivity contribution < 1.29 is 9.47 Å². The summed E-state index contributed by atoms with van der Waals surface area (Å²) in [4.78, 5) is 2.67. The zero-order valence-corrected chi connectivity index (χ0v) is 10.2. The summed E-state index contributed by atoms with van der Waals surface area (Å²) >= 11 is 0. The van der Waals surface area contributed by atoms with Gasteiger partial charge in [-0.05, 0) is 38.5 Å². The first-order chi connectivity index (χ1) is 7.88. The lowest BCUT2D eigenvalue weighted by atomic mass is 10.1. The molecule has 3 rings (SSSR count). The molecule has 0 N–H and O–H groups in total. The lowest BCUT2D eigenvalue weighted by molar-refractivity contribution is -0.112. The monoisotopic (exact) mass is 225 g/mol. The number of hydrogen-bond acceptors (Lipinski definition) is 3. The van der Waals surface area contributed by atoms with Crippen molar-refractivity contribution >= 4 is 0 Å². The van der Waals surface area contributed by atoms with Gasteiger partial charge in [0.05, 0.1) is 18.8 Å². The van der Waals surface area contributed by atoms with E-state index in [0.717, 1.165) is 25.7 Å². The van der Waals surface area contributed by atoms with Gasteiger partial charge in [0, 0.05) is 25.7 Å². The van der Waals surface area contributed by atoms with E-state index in [-0.39, 0.29) is 0 Å². The van der Waals surface area contributed by atoms with Crippen molar-refractivity contribution in [1.29, 1.82) is 0 Å². The number of ether oxygens (including phenoxy) is 2. The average Bonchev–Trinajstić information content (AvgIpc) is 3.01. The molecule has 3 heteroatoms. The summed E-state index contributed by atoms with van der Waals surface area (Å²) < 4.78 is 11.7. The lowest BCUT2D eigenvalue weighted by Gasteiger charge is -2.39. The summed E-state index contributed by atoms with van der Waals surface area (Å²) in [5.74, 6) is 0.991. The number of morpholine rings is 1. The van der Waals surface area contributed by atoms with Crippen molar-refractivity contribution in [2.75, 3.05) is 26.3 Å². The van der Waals surface area contributed by atoms with Crippen LogP contribution in [0.1, 0.15) is 32.6 Å². The van der Waals surface area contributed by atoms with Gasteiger partial charge in [0.15, 0.2) is 0 Å². The molecule has 0 radical (unpaired) electrons. The molecule has 2 saturated carbocycles. The Morgan fingerprint density at radius 3 is 2.88 bits per heavy atom. The van der Waals surface area contributed by atoms with Crippen LogP contribution in [0, 0.1) is 5.92 Å². The summed E-state index contributed by atoms with van der Waals surface area (Å²) in [5, 5.41) is 0. The van der Waals surface area contributed by atoms with E-state index < -0.39 is 0 Å². The van der Waals surface area contributed by atoms with Crippen LogP contribution >= 0.6 is 0 Å². The highest BCUT2D eigenvalue weighted by Gasteiger charge is 2.44. The third-order valence-corrected chi connectivity index (χ3v) is 4.22. The maximum Gasteiger partial charge on any atom is 0.0991 e. The van der Waals surface area contributed by atoms with E-state index in [9.17, 15) is 0 Å². The Morgan fingerprint density at radius 2 is 2.12 bits per heavy atom. The van der Waals surface area contributed by atoms with Gasteiger partial charge in [0.25, 0.3) is 0 Å². The molecular formula is C13H23NO2. The number of hydrogen-bond donors (Lipinski definition) is 0. The first-order valence-electron chi connectivity index (χ1n) is 6.85. The highest BCUT2D eigenvalue weighted by Crippen LogP contribution is 2.36. The SMILES string of the molecule is CCO[C@@H]1CC[C@H]2[C@H]1OCCN2CC1CC1. The van der Waals surface area contributed by atoms with Gasteiger partial charge in [0.1, 0.15) is 0 Å². The van der Waals surface area contributed by atoms with Crippen molar-refractivity contribution in [3.8, 4) is 0 Å². The van der Waals surface area contributed by atoms with Gasteiger partial charge in [0.2, 0.25) is 0 Å². The van der Waals surface area contributed by atoms with E-state index in [4.69, 9.17) is 9.47 Å². The smallest absolute Gasteiger partial charge is 0.0991 e. The average molecular weight is 225 g/mol. The van der Waals surface area contributed by atoms with E-state index in [0.29, 0.717) is 18.2 Å². The van der Waals surface area contributed by atoms with Crippen molar-refractivity contribution in [3.05, 3.63) is 0 Å². The topological polar surface area (TPSA) is 21.7 Å². The Morgan fingerprint density at radius 1 is 1.25 bits per heavy atom. The fraction of sp³-hybridized carbons (Fsp3) is 1.00. The third kappa shape index (κ3) is 2.13. The molecule has 16 heavy (non-hydrogen) atoms. The van der Waals surface area contributed by atoms with Gasteiger partial charge in [-0.15, -0.1) is 0 Å². The van der Waals surface area contributed by atoms with Crippen LogP contribution in [0.25, 0.3) is 0 Å². The minimum atomic E-state index is 0.354. The Bertz CT molecular complexity index is 242. The van der Waals surface area contributed by atoms with E-state index in [1.807, 2.05) is 0 Å². The molecule has 3 nitrogen and oxygen atoms in total. The Balaban J connectivity index is 1.61. The molecule has 0 amide bonds. The van der Waals surface area contributed by atoms with E-state index in [2.05, 4.69) is 11.8 Å². The molecule has 1 heterocycles. The molecule has 92 valence electrons. The molecule has 0 aromatic carbocycles. The minimum absolute atomic E-state index is 0.354. The molecule has 3 aliphatic rings. The number of rotatable bonds is 4. The molecule has 0 unspecified atom stereocenters. The standard InChI is InChI=1S/C13H23NO2/c1-2-15-12-6-5-11-13(12)16-8-7-14(11)9-10-3-4-10/h10-13H,2-9H2,1H3/t11-,12+,13+/m0/s1. The van der Waals surface area contributed by atoms with E-state index >= 15 is 0 Å². The predicted octanol–water partition coefficient (Wildman–Crippen LogP) is 1.66. The second-order valence-electron chi connectivity index (χ2n) is 5.41. The number of fused-ring (bicyclic) bond motifs is 1. The first-order valence-corrected chi connectivity index (χ1v) is 6.85. The van der Waals surface area contributed by atoms with Crippen molar-refractivity contribution in [3.63, 3.8) is 0 Å². The van der Waals surface area contributed by atoms with E-state index in [1.165, 1.54) is 32.2 Å². The molecule has 0 aromatic rings. The molecule has 0 aromatic heterocycles. The summed E-state index contributed by atoms with van der Waals surface area (Å²) in [6.07, 6.45) is 6.06. The Kier molecular flexibility index (Phi) is 3.18. The fourth-order valence-corrected chi connectivity index (χ4v) is 3.24. The van der Waals surface area contributed by atoms with Crippen LogP contribution in [0.5, 0.6) is 0 Å². The van der Waals surface area contributed by atoms with Crippen molar-refractivity contribution in [2.24, 2.45) is 5.92 Å². The van der Waals surface area contributed by atoms with Gasteiger partial charge in [-0.3, -0.25) is 4.90 Å². The normalized spacial score (nSPS) is 39.9. The van der Waals surface area contributed by atoms with Crippen LogP contribution in [-0.2, 0) is 9.47 Å². The second kappa shape index (κ2) is 4.63.